The van der Waals surface area contributed by atoms with E-state index in [0.717, 1.165) is 26.9 Å². The van der Waals surface area contributed by atoms with Crippen molar-refractivity contribution in [3.05, 3.63) is 105 Å². The van der Waals surface area contributed by atoms with Gasteiger partial charge in [0, 0.05) is 4.47 Å². The van der Waals surface area contributed by atoms with Crippen molar-refractivity contribution in [3.8, 4) is 5.75 Å². The van der Waals surface area contributed by atoms with Crippen LogP contribution in [0.1, 0.15) is 22.3 Å². The number of hydrogen-bond donors (Lipinski definition) is 0. The highest BCUT2D eigenvalue weighted by Gasteiger charge is 2.25. The van der Waals surface area contributed by atoms with Gasteiger partial charge in [0.1, 0.15) is 12.4 Å². The van der Waals surface area contributed by atoms with Crippen molar-refractivity contribution in [2.24, 2.45) is 4.99 Å². The summed E-state index contributed by atoms with van der Waals surface area (Å²) in [6.45, 7) is 2.57. The first kappa shape index (κ1) is 19.2. The van der Waals surface area contributed by atoms with Crippen LogP contribution in [0.15, 0.2) is 88.0 Å². The molecule has 1 aliphatic heterocycles. The van der Waals surface area contributed by atoms with Crippen LogP contribution in [-0.4, -0.2) is 11.9 Å². The fourth-order valence-corrected chi connectivity index (χ4v) is 3.40. The number of nitrogens with zero attached hydrogens (tertiary/aromatic N) is 1. The first-order chi connectivity index (χ1) is 14.1. The van der Waals surface area contributed by atoms with Crippen LogP contribution in [0.25, 0.3) is 6.08 Å². The van der Waals surface area contributed by atoms with Gasteiger partial charge < -0.3 is 9.47 Å². The Kier molecular flexibility index (Phi) is 5.58. The molecule has 4 nitrogen and oxygen atoms in total. The third-order valence-corrected chi connectivity index (χ3v) is 5.09. The highest BCUT2D eigenvalue weighted by molar-refractivity contribution is 9.10. The van der Waals surface area contributed by atoms with Crippen LogP contribution in [0.2, 0.25) is 0 Å². The molecule has 29 heavy (non-hydrogen) atoms. The van der Waals surface area contributed by atoms with Gasteiger partial charge in [-0.3, -0.25) is 0 Å². The second-order valence-corrected chi connectivity index (χ2v) is 7.52. The summed E-state index contributed by atoms with van der Waals surface area (Å²) < 4.78 is 12.0. The van der Waals surface area contributed by atoms with Gasteiger partial charge >= 0.3 is 5.97 Å². The summed E-state index contributed by atoms with van der Waals surface area (Å²) in [4.78, 5) is 16.5. The second kappa shape index (κ2) is 8.45. The van der Waals surface area contributed by atoms with E-state index in [1.807, 2.05) is 60.7 Å². The molecule has 0 fully saturated rings. The Morgan fingerprint density at radius 2 is 1.83 bits per heavy atom. The number of cyclic esters (lactones) is 1. The summed E-state index contributed by atoms with van der Waals surface area (Å²) in [7, 11) is 0. The fraction of sp³-hybridized carbons (Fsp3) is 0.0833. The summed E-state index contributed by atoms with van der Waals surface area (Å²) in [5, 5.41) is 0. The largest absolute Gasteiger partial charge is 0.489 e. The van der Waals surface area contributed by atoms with E-state index in [2.05, 4.69) is 40.0 Å². The Morgan fingerprint density at radius 3 is 2.59 bits per heavy atom. The molecule has 3 aromatic carbocycles. The smallest absolute Gasteiger partial charge is 0.363 e. The molecule has 0 unspecified atom stereocenters. The number of halogens is 1. The molecular formula is C24H18BrNO3. The summed E-state index contributed by atoms with van der Waals surface area (Å²) in [5.74, 6) is 0.599. The van der Waals surface area contributed by atoms with Gasteiger partial charge in [-0.15, -0.1) is 0 Å². The van der Waals surface area contributed by atoms with E-state index < -0.39 is 5.97 Å². The molecule has 0 aromatic heterocycles. The van der Waals surface area contributed by atoms with Gasteiger partial charge in [0.15, 0.2) is 5.70 Å². The van der Waals surface area contributed by atoms with E-state index >= 15 is 0 Å². The van der Waals surface area contributed by atoms with Crippen LogP contribution in [0, 0.1) is 6.92 Å². The SMILES string of the molecule is Cc1cccc(COc2ccc(/C=C3\N=C(c4ccccc4Br)OC3=O)cc2)c1. The van der Waals surface area contributed by atoms with Crippen molar-refractivity contribution in [1.29, 1.82) is 0 Å². The highest BCUT2D eigenvalue weighted by Crippen LogP contribution is 2.24. The van der Waals surface area contributed by atoms with E-state index in [0.29, 0.717) is 12.5 Å². The normalized spacial score (nSPS) is 14.6. The number of benzene rings is 3. The molecule has 144 valence electrons. The lowest BCUT2D eigenvalue weighted by Gasteiger charge is -2.07. The van der Waals surface area contributed by atoms with Crippen LogP contribution in [0.4, 0.5) is 0 Å². The molecule has 0 saturated carbocycles. The molecule has 1 heterocycles. The number of aryl methyl sites for hydroxylation is 1. The second-order valence-electron chi connectivity index (χ2n) is 6.66. The number of esters is 1. The van der Waals surface area contributed by atoms with Crippen molar-refractivity contribution in [1.82, 2.24) is 0 Å². The Bertz CT molecular complexity index is 1120. The van der Waals surface area contributed by atoms with Crippen LogP contribution >= 0.6 is 15.9 Å². The van der Waals surface area contributed by atoms with Crippen LogP contribution in [-0.2, 0) is 16.1 Å². The van der Waals surface area contributed by atoms with E-state index in [-0.39, 0.29) is 5.70 Å². The number of carbonyl (C=O) groups is 1. The van der Waals surface area contributed by atoms with E-state index in [1.165, 1.54) is 5.56 Å². The maximum atomic E-state index is 12.2. The number of rotatable bonds is 5. The lowest BCUT2D eigenvalue weighted by molar-refractivity contribution is -0.129. The standard InChI is InChI=1S/C24H18BrNO3/c1-16-5-4-6-18(13-16)15-28-19-11-9-17(10-12-19)14-22-24(27)29-23(26-22)20-7-2-3-8-21(20)25/h2-14H,15H2,1H3/b22-14-. The average molecular weight is 448 g/mol. The maximum Gasteiger partial charge on any atom is 0.363 e. The molecule has 0 saturated heterocycles. The maximum absolute atomic E-state index is 12.2. The first-order valence-electron chi connectivity index (χ1n) is 9.14. The van der Waals surface area contributed by atoms with Crippen molar-refractivity contribution < 1.29 is 14.3 Å². The molecule has 0 atom stereocenters. The van der Waals surface area contributed by atoms with Gasteiger partial charge in [0.2, 0.25) is 5.90 Å². The Hall–Kier alpha value is -3.18. The Balaban J connectivity index is 1.47. The van der Waals surface area contributed by atoms with Crippen molar-refractivity contribution >= 4 is 33.9 Å². The highest BCUT2D eigenvalue weighted by atomic mass is 79.9. The zero-order chi connectivity index (χ0) is 20.2. The zero-order valence-electron chi connectivity index (χ0n) is 15.8. The van der Waals surface area contributed by atoms with Crippen LogP contribution in [0.5, 0.6) is 5.75 Å². The average Bonchev–Trinajstić information content (AvgIpc) is 3.08. The Labute approximate surface area is 177 Å². The van der Waals surface area contributed by atoms with Gasteiger partial charge in [-0.25, -0.2) is 9.79 Å². The van der Waals surface area contributed by atoms with E-state index in [4.69, 9.17) is 9.47 Å². The molecule has 0 aliphatic carbocycles. The van der Waals surface area contributed by atoms with Gasteiger partial charge in [-0.05, 0) is 64.3 Å². The minimum absolute atomic E-state index is 0.268. The number of carbonyl (C=O) groups excluding carboxylic acids is 1. The predicted molar refractivity (Wildman–Crippen MR) is 117 cm³/mol. The lowest BCUT2D eigenvalue weighted by Crippen LogP contribution is -2.05. The number of ether oxygens (including phenoxy) is 2. The molecule has 0 radical (unpaired) electrons. The first-order valence-corrected chi connectivity index (χ1v) is 9.94. The molecular weight excluding hydrogens is 430 g/mol. The molecule has 1 aliphatic rings. The summed E-state index contributed by atoms with van der Waals surface area (Å²) in [6, 6.07) is 23.2. The number of hydrogen-bond acceptors (Lipinski definition) is 4. The van der Waals surface area contributed by atoms with Crippen molar-refractivity contribution in [2.45, 2.75) is 13.5 Å². The molecule has 0 bridgehead atoms. The summed E-state index contributed by atoms with van der Waals surface area (Å²) in [6.07, 6.45) is 1.70. The van der Waals surface area contributed by atoms with Gasteiger partial charge in [0.25, 0.3) is 0 Å². The molecule has 0 spiro atoms. The van der Waals surface area contributed by atoms with E-state index in [9.17, 15) is 4.79 Å². The molecule has 4 rings (SSSR count). The van der Waals surface area contributed by atoms with Gasteiger partial charge in [0.05, 0.1) is 5.56 Å². The Morgan fingerprint density at radius 1 is 1.03 bits per heavy atom. The zero-order valence-corrected chi connectivity index (χ0v) is 17.3. The molecule has 5 heteroatoms. The van der Waals surface area contributed by atoms with Gasteiger partial charge in [-0.2, -0.15) is 0 Å². The quantitative estimate of drug-likeness (QED) is 0.373. The monoisotopic (exact) mass is 447 g/mol. The fourth-order valence-electron chi connectivity index (χ4n) is 2.95. The third-order valence-electron chi connectivity index (χ3n) is 4.40. The summed E-state index contributed by atoms with van der Waals surface area (Å²) in [5.41, 5.74) is 4.18. The predicted octanol–water partition coefficient (Wildman–Crippen LogP) is 5.68. The third kappa shape index (κ3) is 4.63. The number of aliphatic imine (C=N–C) groups is 1. The lowest BCUT2D eigenvalue weighted by atomic mass is 10.1. The molecule has 3 aromatic rings. The minimum Gasteiger partial charge on any atom is -0.489 e. The minimum atomic E-state index is -0.462. The topological polar surface area (TPSA) is 47.9 Å². The van der Waals surface area contributed by atoms with Gasteiger partial charge in [-0.1, -0.05) is 54.1 Å². The van der Waals surface area contributed by atoms with Crippen molar-refractivity contribution in [2.75, 3.05) is 0 Å². The van der Waals surface area contributed by atoms with Crippen LogP contribution in [0.3, 0.4) is 0 Å². The molecule has 0 N–H and O–H groups in total. The van der Waals surface area contributed by atoms with E-state index in [1.54, 1.807) is 6.08 Å². The summed E-state index contributed by atoms with van der Waals surface area (Å²) >= 11 is 3.45. The van der Waals surface area contributed by atoms with Crippen molar-refractivity contribution in [3.63, 3.8) is 0 Å². The van der Waals surface area contributed by atoms with Crippen LogP contribution < -0.4 is 4.74 Å². The molecule has 0 amide bonds.